The van der Waals surface area contributed by atoms with Crippen LogP contribution in [0.15, 0.2) is 4.99 Å². The number of aliphatic imine (C=N–C) groups is 1. The molecular formula is C19H37N9O6S. The molecule has 35 heavy (non-hydrogen) atoms. The number of hydrogen-bond donors (Lipinski definition) is 10. The van der Waals surface area contributed by atoms with E-state index >= 15 is 0 Å². The number of carbonyl (C=O) groups excluding carboxylic acids is 4. The van der Waals surface area contributed by atoms with Gasteiger partial charge in [-0.1, -0.05) is 6.42 Å². The van der Waals surface area contributed by atoms with Gasteiger partial charge in [0.2, 0.25) is 23.6 Å². The summed E-state index contributed by atoms with van der Waals surface area (Å²) in [5, 5.41) is 16.4. The van der Waals surface area contributed by atoms with Crippen LogP contribution >= 0.6 is 12.6 Å². The summed E-state index contributed by atoms with van der Waals surface area (Å²) < 4.78 is 0. The zero-order valence-corrected chi connectivity index (χ0v) is 20.3. The minimum Gasteiger partial charge on any atom is -0.480 e. The van der Waals surface area contributed by atoms with Crippen LogP contribution in [0, 0.1) is 0 Å². The minimum absolute atomic E-state index is 0.0213. The summed E-state index contributed by atoms with van der Waals surface area (Å²) >= 11 is 4.02. The Morgan fingerprint density at radius 3 is 1.91 bits per heavy atom. The monoisotopic (exact) mass is 519 g/mol. The Kier molecular flexibility index (Phi) is 15.8. The van der Waals surface area contributed by atoms with Crippen LogP contribution in [0.5, 0.6) is 0 Å². The van der Waals surface area contributed by atoms with Gasteiger partial charge in [0.15, 0.2) is 5.96 Å². The van der Waals surface area contributed by atoms with E-state index in [0.29, 0.717) is 25.8 Å². The van der Waals surface area contributed by atoms with E-state index in [1.54, 1.807) is 0 Å². The maximum absolute atomic E-state index is 12.7. The molecule has 14 N–H and O–H groups in total. The lowest BCUT2D eigenvalue weighted by molar-refractivity contribution is -0.142. The molecule has 4 atom stereocenters. The Morgan fingerprint density at radius 1 is 0.829 bits per heavy atom. The van der Waals surface area contributed by atoms with Gasteiger partial charge in [-0.3, -0.25) is 24.2 Å². The van der Waals surface area contributed by atoms with E-state index in [-0.39, 0.29) is 31.1 Å². The molecule has 0 fully saturated rings. The van der Waals surface area contributed by atoms with Gasteiger partial charge in [-0.15, -0.1) is 0 Å². The molecule has 0 aromatic heterocycles. The van der Waals surface area contributed by atoms with Crippen LogP contribution in [0.4, 0.5) is 0 Å². The first-order valence-electron chi connectivity index (χ1n) is 11.0. The zero-order valence-electron chi connectivity index (χ0n) is 19.4. The number of unbranched alkanes of at least 4 members (excludes halogenated alkanes) is 1. The minimum atomic E-state index is -1.40. The average Bonchev–Trinajstić information content (AvgIpc) is 2.77. The Morgan fingerprint density at radius 2 is 1.40 bits per heavy atom. The highest BCUT2D eigenvalue weighted by Gasteiger charge is 2.30. The van der Waals surface area contributed by atoms with Gasteiger partial charge in [-0.05, 0) is 32.2 Å². The molecule has 0 aromatic rings. The molecular weight excluding hydrogens is 482 g/mol. The Balaban J connectivity index is 5.16. The number of thiol groups is 1. The molecule has 200 valence electrons. The van der Waals surface area contributed by atoms with E-state index in [1.165, 1.54) is 0 Å². The second kappa shape index (κ2) is 17.3. The van der Waals surface area contributed by atoms with Crippen molar-refractivity contribution in [1.82, 2.24) is 16.0 Å². The summed E-state index contributed by atoms with van der Waals surface area (Å²) in [5.74, 6) is -4.91. The standard InChI is InChI=1S/C19H37N9O6S/c20-6-2-1-4-10(21)15(30)27-12(8-14(22)29)16(31)28-13(9-35)17(32)26-11(18(33)34)5-3-7-25-19(23)24/h10-13,35H,1-9,20-21H2,(H2,22,29)(H,26,32)(H,27,30)(H,28,31)(H,33,34)(H4,23,24,25). The number of carbonyl (C=O) groups is 5. The number of hydrogen-bond acceptors (Lipinski definition) is 9. The van der Waals surface area contributed by atoms with Gasteiger partial charge in [0, 0.05) is 12.3 Å². The first-order chi connectivity index (χ1) is 16.4. The van der Waals surface area contributed by atoms with Crippen LogP contribution in [0.3, 0.4) is 0 Å². The SMILES string of the molecule is NCCCCC(N)C(=O)NC(CC(N)=O)C(=O)NC(CS)C(=O)NC(CCCN=C(N)N)C(=O)O. The third-order valence-electron chi connectivity index (χ3n) is 4.72. The van der Waals surface area contributed by atoms with Gasteiger partial charge in [0.05, 0.1) is 12.5 Å². The maximum atomic E-state index is 12.7. The second-order valence-electron chi connectivity index (χ2n) is 7.71. The summed E-state index contributed by atoms with van der Waals surface area (Å²) in [7, 11) is 0. The van der Waals surface area contributed by atoms with Gasteiger partial charge in [0.1, 0.15) is 18.1 Å². The number of nitrogens with two attached hydrogens (primary N) is 5. The van der Waals surface area contributed by atoms with Crippen molar-refractivity contribution in [3.8, 4) is 0 Å². The zero-order chi connectivity index (χ0) is 27.0. The maximum Gasteiger partial charge on any atom is 0.326 e. The topological polar surface area (TPSA) is 284 Å². The average molecular weight is 520 g/mol. The normalized spacial score (nSPS) is 14.0. The molecule has 4 unspecified atom stereocenters. The van der Waals surface area contributed by atoms with Crippen LogP contribution in [0.25, 0.3) is 0 Å². The molecule has 16 heteroatoms. The number of guanidine groups is 1. The van der Waals surface area contributed by atoms with Gasteiger partial charge < -0.3 is 49.7 Å². The lowest BCUT2D eigenvalue weighted by atomic mass is 10.1. The molecule has 0 saturated heterocycles. The highest BCUT2D eigenvalue weighted by atomic mass is 32.1. The van der Waals surface area contributed by atoms with Gasteiger partial charge in [-0.25, -0.2) is 4.79 Å². The first kappa shape index (κ1) is 31.9. The van der Waals surface area contributed by atoms with Crippen molar-refractivity contribution >= 4 is 48.2 Å². The fourth-order valence-corrected chi connectivity index (χ4v) is 3.09. The molecule has 0 heterocycles. The summed E-state index contributed by atoms with van der Waals surface area (Å²) in [5.41, 5.74) is 26.8. The molecule has 0 aliphatic carbocycles. The Hall–Kier alpha value is -3.11. The summed E-state index contributed by atoms with van der Waals surface area (Å²) in [6.07, 6.45) is 1.32. The van der Waals surface area contributed by atoms with E-state index < -0.39 is 60.2 Å². The number of carboxylic acid groups (broad SMARTS) is 1. The first-order valence-corrected chi connectivity index (χ1v) is 11.6. The lowest BCUT2D eigenvalue weighted by Crippen LogP contribution is -2.58. The predicted molar refractivity (Wildman–Crippen MR) is 132 cm³/mol. The highest BCUT2D eigenvalue weighted by Crippen LogP contribution is 2.03. The molecule has 0 aromatic carbocycles. The fourth-order valence-electron chi connectivity index (χ4n) is 2.83. The number of nitrogens with one attached hydrogen (secondary N) is 3. The number of amides is 4. The van der Waals surface area contributed by atoms with E-state index in [1.807, 2.05) is 0 Å². The number of nitrogens with zero attached hydrogens (tertiary/aromatic N) is 1. The number of aliphatic carboxylic acids is 1. The van der Waals surface area contributed by atoms with E-state index in [4.69, 9.17) is 28.7 Å². The van der Waals surface area contributed by atoms with Gasteiger partial charge >= 0.3 is 5.97 Å². The van der Waals surface area contributed by atoms with Gasteiger partial charge in [-0.2, -0.15) is 12.6 Å². The number of primary amides is 1. The van der Waals surface area contributed by atoms with Crippen molar-refractivity contribution in [2.45, 2.75) is 62.7 Å². The molecule has 0 bridgehead atoms. The molecule has 0 saturated carbocycles. The summed E-state index contributed by atoms with van der Waals surface area (Å²) in [4.78, 5) is 64.2. The number of rotatable bonds is 18. The van der Waals surface area contributed by atoms with Crippen LogP contribution in [0.1, 0.15) is 38.5 Å². The predicted octanol–water partition coefficient (Wildman–Crippen LogP) is -4.16. The molecule has 15 nitrogen and oxygen atoms in total. The van der Waals surface area contributed by atoms with Crippen molar-refractivity contribution in [1.29, 1.82) is 0 Å². The van der Waals surface area contributed by atoms with Gasteiger partial charge in [0.25, 0.3) is 0 Å². The smallest absolute Gasteiger partial charge is 0.326 e. The van der Waals surface area contributed by atoms with E-state index in [9.17, 15) is 29.1 Å². The number of carboxylic acids is 1. The van der Waals surface area contributed by atoms with Crippen LogP contribution in [-0.4, -0.2) is 83.7 Å². The largest absolute Gasteiger partial charge is 0.480 e. The summed E-state index contributed by atoms with van der Waals surface area (Å²) in [6, 6.07) is -4.88. The molecule has 0 radical (unpaired) electrons. The Bertz CT molecular complexity index is 763. The fraction of sp³-hybridized carbons (Fsp3) is 0.684. The third kappa shape index (κ3) is 14.0. The van der Waals surface area contributed by atoms with Crippen molar-refractivity contribution in [3.63, 3.8) is 0 Å². The summed E-state index contributed by atoms with van der Waals surface area (Å²) in [6.45, 7) is 0.602. The van der Waals surface area contributed by atoms with Crippen molar-refractivity contribution in [2.75, 3.05) is 18.8 Å². The van der Waals surface area contributed by atoms with E-state index in [0.717, 1.165) is 0 Å². The molecule has 0 rings (SSSR count). The molecule has 0 aliphatic heterocycles. The third-order valence-corrected chi connectivity index (χ3v) is 5.08. The van der Waals surface area contributed by atoms with Crippen molar-refractivity contribution in [2.24, 2.45) is 33.7 Å². The van der Waals surface area contributed by atoms with Crippen LogP contribution < -0.4 is 44.6 Å². The lowest BCUT2D eigenvalue weighted by Gasteiger charge is -2.24. The van der Waals surface area contributed by atoms with E-state index in [2.05, 4.69) is 33.6 Å². The quantitative estimate of drug-likeness (QED) is 0.0361. The second-order valence-corrected chi connectivity index (χ2v) is 8.08. The molecule has 0 spiro atoms. The Labute approximate surface area is 208 Å². The van der Waals surface area contributed by atoms with Crippen molar-refractivity contribution in [3.05, 3.63) is 0 Å². The van der Waals surface area contributed by atoms with Crippen LogP contribution in [-0.2, 0) is 24.0 Å². The van der Waals surface area contributed by atoms with Crippen molar-refractivity contribution < 1.29 is 29.1 Å². The highest BCUT2D eigenvalue weighted by molar-refractivity contribution is 7.80. The molecule has 4 amide bonds. The molecule has 0 aliphatic rings. The van der Waals surface area contributed by atoms with Crippen LogP contribution in [0.2, 0.25) is 0 Å².